The van der Waals surface area contributed by atoms with Gasteiger partial charge in [-0.2, -0.15) is 0 Å². The number of carbonyl (C=O) groups is 2. The highest BCUT2D eigenvalue weighted by Gasteiger charge is 2.31. The molecule has 0 unspecified atom stereocenters. The number of rotatable bonds is 1. The maximum atomic E-state index is 13.2. The van der Waals surface area contributed by atoms with Crippen LogP contribution >= 0.6 is 0 Å². The summed E-state index contributed by atoms with van der Waals surface area (Å²) in [5.74, 6) is -0.215. The van der Waals surface area contributed by atoms with Crippen molar-refractivity contribution in [2.75, 3.05) is 0 Å². The minimum Gasteiger partial charge on any atom is -0.289 e. The summed E-state index contributed by atoms with van der Waals surface area (Å²) < 4.78 is 0. The molecule has 4 rings (SSSR count). The lowest BCUT2D eigenvalue weighted by Crippen LogP contribution is -2.36. The molecule has 0 aromatic heterocycles. The van der Waals surface area contributed by atoms with Gasteiger partial charge in [0.05, 0.1) is 0 Å². The lowest BCUT2D eigenvalue weighted by atomic mass is 9.80. The third-order valence-corrected chi connectivity index (χ3v) is 4.66. The van der Waals surface area contributed by atoms with Crippen LogP contribution in [-0.2, 0) is 0 Å². The molecule has 25 heavy (non-hydrogen) atoms. The van der Waals surface area contributed by atoms with Gasteiger partial charge in [-0.3, -0.25) is 9.59 Å². The van der Waals surface area contributed by atoms with E-state index in [1.54, 1.807) is 18.2 Å². The molecule has 0 amide bonds. The zero-order valence-electron chi connectivity index (χ0n) is 13.9. The van der Waals surface area contributed by atoms with Crippen molar-refractivity contribution in [1.29, 1.82) is 0 Å². The van der Waals surface area contributed by atoms with E-state index >= 15 is 0 Å². The first-order valence-electron chi connectivity index (χ1n) is 8.19. The van der Waals surface area contributed by atoms with Crippen LogP contribution in [0.1, 0.15) is 38.8 Å². The Bertz CT molecular complexity index is 1200. The first-order valence-corrected chi connectivity index (χ1v) is 8.19. The van der Waals surface area contributed by atoms with Crippen LogP contribution in [0, 0.1) is 0 Å². The second-order valence-electron chi connectivity index (χ2n) is 6.12. The Labute approximate surface area is 145 Å². The third-order valence-electron chi connectivity index (χ3n) is 4.66. The largest absolute Gasteiger partial charge is 0.289 e. The molecular formula is C23H16O2. The van der Waals surface area contributed by atoms with Crippen molar-refractivity contribution < 1.29 is 9.59 Å². The molecule has 0 aliphatic heterocycles. The van der Waals surface area contributed by atoms with Crippen molar-refractivity contribution >= 4 is 35.0 Å². The molecule has 0 heterocycles. The van der Waals surface area contributed by atoms with Gasteiger partial charge in [0.25, 0.3) is 0 Å². The molecule has 0 bridgehead atoms. The van der Waals surface area contributed by atoms with E-state index < -0.39 is 0 Å². The Hall–Kier alpha value is -3.26. The average molecular weight is 324 g/mol. The molecule has 0 atom stereocenters. The Balaban J connectivity index is 2.12. The first-order chi connectivity index (χ1) is 12.1. The lowest BCUT2D eigenvalue weighted by Gasteiger charge is -2.19. The summed E-state index contributed by atoms with van der Waals surface area (Å²) in [7, 11) is 0. The van der Waals surface area contributed by atoms with Gasteiger partial charge in [-0.15, -0.1) is 0 Å². The molecule has 0 spiro atoms. The topological polar surface area (TPSA) is 34.1 Å². The fourth-order valence-corrected chi connectivity index (χ4v) is 3.45. The number of ketones is 2. The SMILES string of the molecule is C=c1ccc2c(/c1=C/C=C\C)C(=O)c1ccc3ccccc3c1C2=O. The summed E-state index contributed by atoms with van der Waals surface area (Å²) in [5, 5.41) is 3.23. The molecule has 3 aromatic carbocycles. The van der Waals surface area contributed by atoms with Crippen LogP contribution in [0.15, 0.2) is 60.7 Å². The molecule has 0 saturated heterocycles. The molecular weight excluding hydrogens is 308 g/mol. The van der Waals surface area contributed by atoms with E-state index in [0.717, 1.165) is 16.0 Å². The van der Waals surface area contributed by atoms with E-state index in [2.05, 4.69) is 6.58 Å². The van der Waals surface area contributed by atoms with E-state index in [-0.39, 0.29) is 11.6 Å². The van der Waals surface area contributed by atoms with E-state index in [9.17, 15) is 9.59 Å². The van der Waals surface area contributed by atoms with Crippen molar-refractivity contribution in [3.8, 4) is 0 Å². The summed E-state index contributed by atoms with van der Waals surface area (Å²) >= 11 is 0. The maximum Gasteiger partial charge on any atom is 0.195 e. The van der Waals surface area contributed by atoms with Gasteiger partial charge >= 0.3 is 0 Å². The van der Waals surface area contributed by atoms with Gasteiger partial charge in [0.1, 0.15) is 0 Å². The standard InChI is InChI=1S/C23H16O2/c1-3-4-8-16-14(2)10-12-18-20(16)22(24)19-13-11-15-7-5-6-9-17(15)21(19)23(18)25/h3-13H,2H2,1H3/b4-3-,16-8+. The highest BCUT2D eigenvalue weighted by molar-refractivity contribution is 6.32. The molecule has 0 saturated carbocycles. The molecule has 0 fully saturated rings. The second kappa shape index (κ2) is 5.67. The van der Waals surface area contributed by atoms with Crippen molar-refractivity contribution in [1.82, 2.24) is 0 Å². The Morgan fingerprint density at radius 1 is 0.840 bits per heavy atom. The Kier molecular flexibility index (Phi) is 3.47. The van der Waals surface area contributed by atoms with Crippen LogP contribution < -0.4 is 10.4 Å². The molecule has 3 aromatic rings. The monoisotopic (exact) mass is 324 g/mol. The quantitative estimate of drug-likeness (QED) is 0.538. The fraction of sp³-hybridized carbons (Fsp3) is 0.0435. The normalized spacial score (nSPS) is 14.2. The highest BCUT2D eigenvalue weighted by atomic mass is 16.1. The summed E-state index contributed by atoms with van der Waals surface area (Å²) in [6.45, 7) is 5.92. The fourth-order valence-electron chi connectivity index (χ4n) is 3.45. The zero-order chi connectivity index (χ0) is 17.6. The zero-order valence-corrected chi connectivity index (χ0v) is 13.9. The summed E-state index contributed by atoms with van der Waals surface area (Å²) in [6, 6.07) is 14.8. The number of hydrogen-bond acceptors (Lipinski definition) is 2. The van der Waals surface area contributed by atoms with Crippen molar-refractivity contribution in [2.45, 2.75) is 6.92 Å². The van der Waals surface area contributed by atoms with Crippen LogP contribution in [0.25, 0.3) is 23.4 Å². The van der Waals surface area contributed by atoms with Crippen molar-refractivity contribution in [3.05, 3.63) is 93.4 Å². The predicted molar refractivity (Wildman–Crippen MR) is 101 cm³/mol. The minimum atomic E-state index is -0.114. The van der Waals surface area contributed by atoms with Crippen LogP contribution in [0.5, 0.6) is 0 Å². The lowest BCUT2D eigenvalue weighted by molar-refractivity contribution is 0.0979. The van der Waals surface area contributed by atoms with Gasteiger partial charge in [0.15, 0.2) is 11.6 Å². The smallest absolute Gasteiger partial charge is 0.195 e. The van der Waals surface area contributed by atoms with E-state index in [1.165, 1.54) is 0 Å². The minimum absolute atomic E-state index is 0.100. The van der Waals surface area contributed by atoms with Gasteiger partial charge in [-0.1, -0.05) is 61.2 Å². The van der Waals surface area contributed by atoms with Crippen LogP contribution in [0.2, 0.25) is 0 Å². The number of fused-ring (bicyclic) bond motifs is 4. The Morgan fingerprint density at radius 3 is 2.32 bits per heavy atom. The molecule has 1 aliphatic carbocycles. The predicted octanol–water partition coefficient (Wildman–Crippen LogP) is 3.38. The van der Waals surface area contributed by atoms with Crippen LogP contribution in [0.4, 0.5) is 0 Å². The molecule has 2 heteroatoms. The second-order valence-corrected chi connectivity index (χ2v) is 6.12. The average Bonchev–Trinajstić information content (AvgIpc) is 2.64. The molecule has 120 valence electrons. The highest BCUT2D eigenvalue weighted by Crippen LogP contribution is 2.31. The maximum absolute atomic E-state index is 13.2. The van der Waals surface area contributed by atoms with Gasteiger partial charge in [0, 0.05) is 22.3 Å². The third kappa shape index (κ3) is 2.18. The molecule has 1 aliphatic rings. The summed E-state index contributed by atoms with van der Waals surface area (Å²) in [4.78, 5) is 26.4. The van der Waals surface area contributed by atoms with E-state index in [1.807, 2.05) is 55.5 Å². The number of carbonyl (C=O) groups excluding carboxylic acids is 2. The van der Waals surface area contributed by atoms with E-state index in [0.29, 0.717) is 27.5 Å². The Morgan fingerprint density at radius 2 is 1.52 bits per heavy atom. The van der Waals surface area contributed by atoms with Crippen molar-refractivity contribution in [3.63, 3.8) is 0 Å². The number of benzene rings is 3. The van der Waals surface area contributed by atoms with Gasteiger partial charge < -0.3 is 0 Å². The first kappa shape index (κ1) is 15.3. The van der Waals surface area contributed by atoms with Crippen LogP contribution in [0.3, 0.4) is 0 Å². The molecule has 0 radical (unpaired) electrons. The van der Waals surface area contributed by atoms with Crippen LogP contribution in [-0.4, -0.2) is 11.6 Å². The van der Waals surface area contributed by atoms with Gasteiger partial charge in [-0.25, -0.2) is 0 Å². The number of hydrogen-bond donors (Lipinski definition) is 0. The molecule has 2 nitrogen and oxygen atoms in total. The van der Waals surface area contributed by atoms with Gasteiger partial charge in [-0.05, 0) is 40.3 Å². The molecule has 0 N–H and O–H groups in total. The van der Waals surface area contributed by atoms with Crippen molar-refractivity contribution in [2.24, 2.45) is 0 Å². The number of allylic oxidation sites excluding steroid dienone is 2. The van der Waals surface area contributed by atoms with Gasteiger partial charge in [0.2, 0.25) is 0 Å². The summed E-state index contributed by atoms with van der Waals surface area (Å²) in [6.07, 6.45) is 5.59. The van der Waals surface area contributed by atoms with E-state index in [4.69, 9.17) is 0 Å². The summed E-state index contributed by atoms with van der Waals surface area (Å²) in [5.41, 5.74) is 1.89.